The van der Waals surface area contributed by atoms with Crippen molar-refractivity contribution in [2.75, 3.05) is 28.4 Å². The monoisotopic (exact) mass is 514 g/mol. The topological polar surface area (TPSA) is 82.7 Å². The summed E-state index contributed by atoms with van der Waals surface area (Å²) < 4.78 is 28.0. The van der Waals surface area contributed by atoms with Crippen LogP contribution in [0, 0.1) is 0 Å². The summed E-state index contributed by atoms with van der Waals surface area (Å²) >= 11 is 3.25. The molecule has 0 bridgehead atoms. The van der Waals surface area contributed by atoms with Crippen LogP contribution in [0.25, 0.3) is 0 Å². The number of nitrogens with zero attached hydrogens (tertiary/aromatic N) is 2. The van der Waals surface area contributed by atoms with Crippen molar-refractivity contribution >= 4 is 27.5 Å². The minimum absolute atomic E-state index is 0.163. The number of para-hydroxylation sites is 1. The van der Waals surface area contributed by atoms with E-state index in [1.165, 1.54) is 5.01 Å². The number of carbonyl (C=O) groups is 1. The Labute approximate surface area is 199 Å². The van der Waals surface area contributed by atoms with Crippen molar-refractivity contribution in [3.8, 4) is 23.0 Å². The van der Waals surface area contributed by atoms with Crippen molar-refractivity contribution < 1.29 is 28.2 Å². The number of ether oxygens (including phenoxy) is 4. The van der Waals surface area contributed by atoms with E-state index in [0.29, 0.717) is 39.8 Å². The fourth-order valence-corrected chi connectivity index (χ4v) is 4.17. The van der Waals surface area contributed by atoms with Gasteiger partial charge in [-0.05, 0) is 52.3 Å². The molecular weight excluding hydrogens is 492 g/mol. The lowest BCUT2D eigenvalue weighted by Gasteiger charge is -2.23. The summed E-state index contributed by atoms with van der Waals surface area (Å²) in [6.07, 6.45) is 0.417. The number of hydrogen-bond donors (Lipinski definition) is 0. The molecule has 1 aromatic heterocycles. The van der Waals surface area contributed by atoms with Crippen LogP contribution in [0.1, 0.15) is 34.1 Å². The Hall–Kier alpha value is -3.46. The molecule has 0 saturated heterocycles. The van der Waals surface area contributed by atoms with Crippen molar-refractivity contribution in [1.82, 2.24) is 5.01 Å². The van der Waals surface area contributed by atoms with Crippen LogP contribution in [0.3, 0.4) is 0 Å². The fraction of sp³-hybridized carbons (Fsp3) is 0.250. The molecule has 0 fully saturated rings. The van der Waals surface area contributed by atoms with Crippen LogP contribution < -0.4 is 18.9 Å². The molecule has 9 heteroatoms. The van der Waals surface area contributed by atoms with E-state index in [1.54, 1.807) is 46.6 Å². The lowest BCUT2D eigenvalue weighted by Crippen LogP contribution is -2.27. The van der Waals surface area contributed by atoms with Crippen LogP contribution in [0.4, 0.5) is 0 Å². The summed E-state index contributed by atoms with van der Waals surface area (Å²) in [5, 5.41) is 6.12. The van der Waals surface area contributed by atoms with Crippen LogP contribution in [-0.2, 0) is 0 Å². The van der Waals surface area contributed by atoms with Gasteiger partial charge in [-0.2, -0.15) is 5.10 Å². The van der Waals surface area contributed by atoms with Crippen LogP contribution in [0.5, 0.6) is 23.0 Å². The Morgan fingerprint density at radius 3 is 2.42 bits per heavy atom. The van der Waals surface area contributed by atoms with E-state index >= 15 is 0 Å². The van der Waals surface area contributed by atoms with E-state index in [4.69, 9.17) is 28.5 Å². The van der Waals surface area contributed by atoms with Crippen LogP contribution >= 0.6 is 15.9 Å². The number of hydrazone groups is 1. The molecule has 1 aliphatic heterocycles. The molecule has 0 aliphatic carbocycles. The zero-order valence-electron chi connectivity index (χ0n) is 18.6. The maximum atomic E-state index is 13.4. The van der Waals surface area contributed by atoms with Gasteiger partial charge in [0.05, 0.1) is 40.2 Å². The average Bonchev–Trinajstić information content (AvgIpc) is 3.49. The second-order valence-electron chi connectivity index (χ2n) is 7.17. The van der Waals surface area contributed by atoms with Crippen molar-refractivity contribution in [3.63, 3.8) is 0 Å². The molecule has 8 nitrogen and oxygen atoms in total. The van der Waals surface area contributed by atoms with Gasteiger partial charge >= 0.3 is 5.91 Å². The molecule has 0 spiro atoms. The molecule has 172 valence electrons. The van der Waals surface area contributed by atoms with Gasteiger partial charge in [0.25, 0.3) is 0 Å². The normalized spacial score (nSPS) is 15.2. The third-order valence-electron chi connectivity index (χ3n) is 5.41. The third-order valence-corrected chi connectivity index (χ3v) is 5.84. The van der Waals surface area contributed by atoms with E-state index in [1.807, 2.05) is 30.3 Å². The summed E-state index contributed by atoms with van der Waals surface area (Å²) in [5.41, 5.74) is 2.16. The fourth-order valence-electron chi connectivity index (χ4n) is 3.86. The molecule has 1 aliphatic rings. The van der Waals surface area contributed by atoms with Gasteiger partial charge < -0.3 is 23.4 Å². The van der Waals surface area contributed by atoms with Gasteiger partial charge in [0.1, 0.15) is 11.5 Å². The molecule has 2 heterocycles. The molecule has 3 aromatic rings. The number of rotatable bonds is 7. The number of benzene rings is 2. The highest BCUT2D eigenvalue weighted by Gasteiger charge is 2.38. The SMILES string of the molecule is COc1ccc(OC)c(C2=NN(C(=O)c3ccc(Br)o3)C(c3cccc(OC)c3OC)C2)c1. The summed E-state index contributed by atoms with van der Waals surface area (Å²) in [5.74, 6) is 2.17. The zero-order chi connectivity index (χ0) is 23.5. The first kappa shape index (κ1) is 22.7. The molecule has 1 amide bonds. The Morgan fingerprint density at radius 2 is 1.79 bits per heavy atom. The standard InChI is InChI=1S/C24H23BrN2O6/c1-29-14-8-9-19(30-2)16(12-14)17-13-18(15-6-5-7-20(31-3)23(15)32-4)27(26-17)24(28)21-10-11-22(25)33-21/h5-12,18H,13H2,1-4H3. The van der Waals surface area contributed by atoms with E-state index in [0.717, 1.165) is 11.1 Å². The van der Waals surface area contributed by atoms with Gasteiger partial charge in [0.2, 0.25) is 0 Å². The molecule has 1 unspecified atom stereocenters. The molecule has 0 saturated carbocycles. The average molecular weight is 515 g/mol. The highest BCUT2D eigenvalue weighted by atomic mass is 79.9. The van der Waals surface area contributed by atoms with E-state index in [9.17, 15) is 4.79 Å². The number of amides is 1. The van der Waals surface area contributed by atoms with Gasteiger partial charge in [0.15, 0.2) is 21.9 Å². The van der Waals surface area contributed by atoms with Crippen molar-refractivity contribution in [2.24, 2.45) is 5.10 Å². The van der Waals surface area contributed by atoms with E-state index in [-0.39, 0.29) is 11.7 Å². The predicted molar refractivity (Wildman–Crippen MR) is 126 cm³/mol. The first-order valence-electron chi connectivity index (χ1n) is 10.1. The number of hydrogen-bond acceptors (Lipinski definition) is 7. The second-order valence-corrected chi connectivity index (χ2v) is 7.95. The number of carbonyl (C=O) groups excluding carboxylic acids is 1. The van der Waals surface area contributed by atoms with Crippen LogP contribution in [0.2, 0.25) is 0 Å². The van der Waals surface area contributed by atoms with Crippen molar-refractivity contribution in [2.45, 2.75) is 12.5 Å². The summed E-state index contributed by atoms with van der Waals surface area (Å²) in [4.78, 5) is 13.4. The molecule has 33 heavy (non-hydrogen) atoms. The Bertz CT molecular complexity index is 1210. The second kappa shape index (κ2) is 9.58. The number of halogens is 1. The Morgan fingerprint density at radius 1 is 1.00 bits per heavy atom. The lowest BCUT2D eigenvalue weighted by atomic mass is 9.96. The quantitative estimate of drug-likeness (QED) is 0.437. The number of methoxy groups -OCH3 is 4. The smallest absolute Gasteiger partial charge is 0.310 e. The minimum Gasteiger partial charge on any atom is -0.497 e. The van der Waals surface area contributed by atoms with Crippen molar-refractivity contribution in [1.29, 1.82) is 0 Å². The Balaban J connectivity index is 1.84. The maximum Gasteiger partial charge on any atom is 0.310 e. The first-order chi connectivity index (χ1) is 16.0. The van der Waals surface area contributed by atoms with E-state index < -0.39 is 6.04 Å². The van der Waals surface area contributed by atoms with Gasteiger partial charge in [-0.3, -0.25) is 4.79 Å². The molecular formula is C24H23BrN2O6. The minimum atomic E-state index is -0.461. The van der Waals surface area contributed by atoms with Gasteiger partial charge in [-0.25, -0.2) is 5.01 Å². The highest BCUT2D eigenvalue weighted by molar-refractivity contribution is 9.10. The molecule has 4 rings (SSSR count). The van der Waals surface area contributed by atoms with E-state index in [2.05, 4.69) is 15.9 Å². The first-order valence-corrected chi connectivity index (χ1v) is 10.9. The van der Waals surface area contributed by atoms with Gasteiger partial charge in [-0.1, -0.05) is 12.1 Å². The maximum absolute atomic E-state index is 13.4. The van der Waals surface area contributed by atoms with Crippen molar-refractivity contribution in [3.05, 3.63) is 70.1 Å². The Kier molecular flexibility index (Phi) is 6.60. The zero-order valence-corrected chi connectivity index (χ0v) is 20.2. The lowest BCUT2D eigenvalue weighted by molar-refractivity contribution is 0.0675. The van der Waals surface area contributed by atoms with Gasteiger partial charge in [-0.15, -0.1) is 0 Å². The summed E-state index contributed by atoms with van der Waals surface area (Å²) in [7, 11) is 6.32. The third kappa shape index (κ3) is 4.28. The molecule has 2 aromatic carbocycles. The predicted octanol–water partition coefficient (Wildman–Crippen LogP) is 5.07. The summed E-state index contributed by atoms with van der Waals surface area (Å²) in [6, 6.07) is 13.8. The van der Waals surface area contributed by atoms with Crippen LogP contribution in [0.15, 0.2) is 62.7 Å². The molecule has 0 radical (unpaired) electrons. The highest BCUT2D eigenvalue weighted by Crippen LogP contribution is 2.43. The number of furan rings is 1. The van der Waals surface area contributed by atoms with Gasteiger partial charge in [0, 0.05) is 17.5 Å². The largest absolute Gasteiger partial charge is 0.497 e. The molecule has 1 atom stereocenters. The molecule has 0 N–H and O–H groups in total. The summed E-state index contributed by atoms with van der Waals surface area (Å²) in [6.45, 7) is 0. The van der Waals surface area contributed by atoms with Crippen LogP contribution in [-0.4, -0.2) is 45.1 Å².